The van der Waals surface area contributed by atoms with Crippen LogP contribution in [0.5, 0.6) is 5.75 Å². The second kappa shape index (κ2) is 7.12. The number of ether oxygens (including phenoxy) is 1. The maximum Gasteiger partial charge on any atom is 0.170 e. The molecule has 0 aliphatic carbocycles. The average molecular weight is 252 g/mol. The first kappa shape index (κ1) is 13.8. The van der Waals surface area contributed by atoms with Crippen molar-refractivity contribution < 1.29 is 4.74 Å². The fourth-order valence-electron chi connectivity index (χ4n) is 1.23. The molecule has 1 aromatic carbocycles. The summed E-state index contributed by atoms with van der Waals surface area (Å²) in [6.07, 6.45) is 0. The van der Waals surface area contributed by atoms with Crippen LogP contribution in [0, 0.1) is 5.92 Å². The van der Waals surface area contributed by atoms with Crippen molar-refractivity contribution in [1.82, 2.24) is 5.32 Å². The van der Waals surface area contributed by atoms with E-state index < -0.39 is 0 Å². The number of benzene rings is 1. The van der Waals surface area contributed by atoms with Crippen molar-refractivity contribution in [2.45, 2.75) is 20.8 Å². The molecule has 0 saturated heterocycles. The molecule has 0 amide bonds. The van der Waals surface area contributed by atoms with Gasteiger partial charge in [0.05, 0.1) is 6.61 Å². The molecule has 4 heteroatoms. The third kappa shape index (κ3) is 5.54. The van der Waals surface area contributed by atoms with Gasteiger partial charge in [-0.1, -0.05) is 13.8 Å². The highest BCUT2D eigenvalue weighted by Gasteiger charge is 1.99. The van der Waals surface area contributed by atoms with Gasteiger partial charge in [-0.05, 0) is 49.3 Å². The van der Waals surface area contributed by atoms with Crippen molar-refractivity contribution in [1.29, 1.82) is 0 Å². The van der Waals surface area contributed by atoms with Crippen LogP contribution in [-0.2, 0) is 0 Å². The van der Waals surface area contributed by atoms with Crippen LogP contribution < -0.4 is 15.4 Å². The number of hydrogen-bond acceptors (Lipinski definition) is 2. The Balaban J connectivity index is 2.47. The number of anilines is 1. The minimum atomic E-state index is 0.536. The van der Waals surface area contributed by atoms with E-state index in [1.807, 2.05) is 31.2 Å². The predicted molar refractivity (Wildman–Crippen MR) is 76.7 cm³/mol. The normalized spacial score (nSPS) is 10.1. The monoisotopic (exact) mass is 252 g/mol. The van der Waals surface area contributed by atoms with E-state index in [0.717, 1.165) is 24.6 Å². The quantitative estimate of drug-likeness (QED) is 0.789. The van der Waals surface area contributed by atoms with Crippen LogP contribution in [0.15, 0.2) is 24.3 Å². The summed E-state index contributed by atoms with van der Waals surface area (Å²) >= 11 is 5.10. The predicted octanol–water partition coefficient (Wildman–Crippen LogP) is 3.03. The Morgan fingerprint density at radius 1 is 1.29 bits per heavy atom. The topological polar surface area (TPSA) is 33.3 Å². The van der Waals surface area contributed by atoms with E-state index >= 15 is 0 Å². The van der Waals surface area contributed by atoms with E-state index in [1.54, 1.807) is 0 Å². The Morgan fingerprint density at radius 2 is 1.94 bits per heavy atom. The average Bonchev–Trinajstić information content (AvgIpc) is 2.28. The van der Waals surface area contributed by atoms with Gasteiger partial charge in [-0.25, -0.2) is 0 Å². The second-order valence-corrected chi connectivity index (χ2v) is 4.62. The third-order valence-corrected chi connectivity index (χ3v) is 2.28. The van der Waals surface area contributed by atoms with Gasteiger partial charge < -0.3 is 15.4 Å². The molecule has 3 nitrogen and oxygen atoms in total. The lowest BCUT2D eigenvalue weighted by Crippen LogP contribution is -2.27. The molecule has 17 heavy (non-hydrogen) atoms. The third-order valence-electron chi connectivity index (χ3n) is 2.03. The lowest BCUT2D eigenvalue weighted by Gasteiger charge is -2.11. The van der Waals surface area contributed by atoms with E-state index in [2.05, 4.69) is 24.5 Å². The van der Waals surface area contributed by atoms with Gasteiger partial charge in [0.25, 0.3) is 0 Å². The largest absolute Gasteiger partial charge is 0.493 e. The molecular formula is C13H20N2OS. The van der Waals surface area contributed by atoms with E-state index in [9.17, 15) is 0 Å². The molecular weight excluding hydrogens is 232 g/mol. The van der Waals surface area contributed by atoms with Crippen molar-refractivity contribution >= 4 is 23.0 Å². The maximum atomic E-state index is 5.60. The van der Waals surface area contributed by atoms with Crippen molar-refractivity contribution in [3.8, 4) is 5.75 Å². The lowest BCUT2D eigenvalue weighted by molar-refractivity contribution is 0.271. The van der Waals surface area contributed by atoms with Crippen LogP contribution in [0.25, 0.3) is 0 Å². The molecule has 0 saturated carbocycles. The number of rotatable bonds is 5. The van der Waals surface area contributed by atoms with E-state index in [4.69, 9.17) is 17.0 Å². The first-order valence-electron chi connectivity index (χ1n) is 5.89. The number of hydrogen-bond donors (Lipinski definition) is 2. The van der Waals surface area contributed by atoms with Crippen molar-refractivity contribution in [2.75, 3.05) is 18.5 Å². The number of thiocarbonyl (C=S) groups is 1. The fourth-order valence-corrected chi connectivity index (χ4v) is 1.50. The summed E-state index contributed by atoms with van der Waals surface area (Å²) in [5.74, 6) is 1.42. The molecule has 0 unspecified atom stereocenters. The number of nitrogens with one attached hydrogen (secondary N) is 2. The first-order valence-corrected chi connectivity index (χ1v) is 6.30. The standard InChI is InChI=1S/C13H20N2OS/c1-4-14-13(17)15-11-5-7-12(8-6-11)16-9-10(2)3/h5-8,10H,4,9H2,1-3H3,(H2,14,15,17). The molecule has 2 N–H and O–H groups in total. The van der Waals surface area contributed by atoms with Crippen LogP contribution in [0.4, 0.5) is 5.69 Å². The van der Waals surface area contributed by atoms with E-state index in [-0.39, 0.29) is 0 Å². The zero-order valence-corrected chi connectivity index (χ0v) is 11.4. The van der Waals surface area contributed by atoms with Gasteiger partial charge in [-0.3, -0.25) is 0 Å². The molecule has 0 spiro atoms. The Hall–Kier alpha value is -1.29. The summed E-state index contributed by atoms with van der Waals surface area (Å²) < 4.78 is 5.60. The van der Waals surface area contributed by atoms with Crippen LogP contribution in [0.3, 0.4) is 0 Å². The molecule has 94 valence electrons. The van der Waals surface area contributed by atoms with Crippen molar-refractivity contribution in [3.05, 3.63) is 24.3 Å². The molecule has 0 radical (unpaired) electrons. The van der Waals surface area contributed by atoms with E-state index in [0.29, 0.717) is 11.0 Å². The highest BCUT2D eigenvalue weighted by atomic mass is 32.1. The Labute approximate surface area is 109 Å². The molecule has 0 fully saturated rings. The molecule has 0 heterocycles. The fraction of sp³-hybridized carbons (Fsp3) is 0.462. The first-order chi connectivity index (χ1) is 8.11. The van der Waals surface area contributed by atoms with E-state index in [1.165, 1.54) is 0 Å². The van der Waals surface area contributed by atoms with Crippen molar-refractivity contribution in [2.24, 2.45) is 5.92 Å². The molecule has 0 aliphatic rings. The highest BCUT2D eigenvalue weighted by molar-refractivity contribution is 7.80. The second-order valence-electron chi connectivity index (χ2n) is 4.21. The van der Waals surface area contributed by atoms with Crippen LogP contribution in [-0.4, -0.2) is 18.3 Å². The molecule has 0 bridgehead atoms. The van der Waals surface area contributed by atoms with Crippen LogP contribution in [0.1, 0.15) is 20.8 Å². The Morgan fingerprint density at radius 3 is 2.47 bits per heavy atom. The smallest absolute Gasteiger partial charge is 0.170 e. The van der Waals surface area contributed by atoms with Gasteiger partial charge in [0, 0.05) is 12.2 Å². The molecule has 1 aromatic rings. The summed E-state index contributed by atoms with van der Waals surface area (Å²) in [6.45, 7) is 7.83. The molecule has 0 aliphatic heterocycles. The molecule has 0 aromatic heterocycles. The summed E-state index contributed by atoms with van der Waals surface area (Å²) in [6, 6.07) is 7.80. The van der Waals surface area contributed by atoms with Crippen LogP contribution in [0.2, 0.25) is 0 Å². The Bertz CT molecular complexity index is 349. The van der Waals surface area contributed by atoms with Gasteiger partial charge in [-0.2, -0.15) is 0 Å². The van der Waals surface area contributed by atoms with Crippen molar-refractivity contribution in [3.63, 3.8) is 0 Å². The summed E-state index contributed by atoms with van der Waals surface area (Å²) in [7, 11) is 0. The summed E-state index contributed by atoms with van der Waals surface area (Å²) in [5.41, 5.74) is 0.966. The Kier molecular flexibility index (Phi) is 5.77. The zero-order chi connectivity index (χ0) is 12.7. The zero-order valence-electron chi connectivity index (χ0n) is 10.6. The summed E-state index contributed by atoms with van der Waals surface area (Å²) in [5, 5.41) is 6.78. The van der Waals surface area contributed by atoms with Gasteiger partial charge in [0.1, 0.15) is 5.75 Å². The lowest BCUT2D eigenvalue weighted by atomic mass is 10.2. The van der Waals surface area contributed by atoms with Gasteiger partial charge in [0.2, 0.25) is 0 Å². The highest BCUT2D eigenvalue weighted by Crippen LogP contribution is 2.16. The van der Waals surface area contributed by atoms with Gasteiger partial charge in [0.15, 0.2) is 5.11 Å². The van der Waals surface area contributed by atoms with Crippen LogP contribution >= 0.6 is 12.2 Å². The van der Waals surface area contributed by atoms with Gasteiger partial charge in [-0.15, -0.1) is 0 Å². The maximum absolute atomic E-state index is 5.60. The SMILES string of the molecule is CCNC(=S)Nc1ccc(OCC(C)C)cc1. The summed E-state index contributed by atoms with van der Waals surface area (Å²) in [4.78, 5) is 0. The van der Waals surface area contributed by atoms with Gasteiger partial charge >= 0.3 is 0 Å². The molecule has 1 rings (SSSR count). The minimum Gasteiger partial charge on any atom is -0.493 e. The minimum absolute atomic E-state index is 0.536. The molecule has 0 atom stereocenters.